The molecule has 4 nitrogen and oxygen atoms in total. The van der Waals surface area contributed by atoms with Crippen LogP contribution in [-0.4, -0.2) is 16.8 Å². The molecule has 8 heteroatoms. The summed E-state index contributed by atoms with van der Waals surface area (Å²) in [5.74, 6) is -1.52. The Morgan fingerprint density at radius 3 is 2.08 bits per heavy atom. The molecule has 1 unspecified atom stereocenters. The minimum Gasteiger partial charge on any atom is -0.809 e. The SMILES string of the molecule is O=P([O-])([O-])C(O)CCCCl.[Na+].[Na+]. The van der Waals surface area contributed by atoms with Gasteiger partial charge < -0.3 is 19.5 Å². The Morgan fingerprint density at radius 2 is 1.83 bits per heavy atom. The topological polar surface area (TPSA) is 83.4 Å². The van der Waals surface area contributed by atoms with Crippen molar-refractivity contribution in [1.82, 2.24) is 0 Å². The van der Waals surface area contributed by atoms with Gasteiger partial charge in [-0.25, -0.2) is 0 Å². The van der Waals surface area contributed by atoms with Crippen molar-refractivity contribution >= 4 is 19.2 Å². The molecule has 0 rings (SSSR count). The molecule has 0 aromatic carbocycles. The van der Waals surface area contributed by atoms with Crippen molar-refractivity contribution < 1.29 is 78.6 Å². The van der Waals surface area contributed by atoms with Crippen molar-refractivity contribution in [3.63, 3.8) is 0 Å². The molecule has 0 aliphatic rings. The zero-order valence-electron chi connectivity index (χ0n) is 7.20. The molecule has 0 saturated carbocycles. The van der Waals surface area contributed by atoms with Gasteiger partial charge in [0.05, 0.1) is 5.85 Å². The molecular formula is C4H8ClNa2O4P. The fourth-order valence-electron chi connectivity index (χ4n) is 0.418. The number of rotatable bonds is 4. The van der Waals surface area contributed by atoms with Gasteiger partial charge in [0.2, 0.25) is 0 Å². The summed E-state index contributed by atoms with van der Waals surface area (Å²) >= 11 is 5.19. The van der Waals surface area contributed by atoms with Crippen molar-refractivity contribution in [2.24, 2.45) is 0 Å². The second kappa shape index (κ2) is 9.94. The smallest absolute Gasteiger partial charge is 0.809 e. The van der Waals surface area contributed by atoms with Crippen LogP contribution in [0.2, 0.25) is 0 Å². The molecule has 0 fully saturated rings. The maximum absolute atomic E-state index is 10.0. The molecule has 0 spiro atoms. The van der Waals surface area contributed by atoms with Gasteiger partial charge >= 0.3 is 59.1 Å². The first kappa shape index (κ1) is 19.9. The first-order chi connectivity index (χ1) is 4.48. The molecule has 1 N–H and O–H groups in total. The fraction of sp³-hybridized carbons (Fsp3) is 1.00. The van der Waals surface area contributed by atoms with E-state index in [4.69, 9.17) is 16.7 Å². The van der Waals surface area contributed by atoms with Crippen LogP contribution in [0.4, 0.5) is 0 Å². The molecule has 0 aliphatic heterocycles. The van der Waals surface area contributed by atoms with E-state index in [-0.39, 0.29) is 71.4 Å². The van der Waals surface area contributed by atoms with Crippen molar-refractivity contribution in [1.29, 1.82) is 0 Å². The van der Waals surface area contributed by atoms with Gasteiger partial charge in [-0.05, 0) is 20.4 Å². The molecule has 0 bridgehead atoms. The van der Waals surface area contributed by atoms with Crippen LogP contribution in [0, 0.1) is 0 Å². The monoisotopic (exact) mass is 232 g/mol. The van der Waals surface area contributed by atoms with Crippen molar-refractivity contribution in [2.75, 3.05) is 5.88 Å². The van der Waals surface area contributed by atoms with Gasteiger partial charge in [0.1, 0.15) is 0 Å². The predicted octanol–water partition coefficient (Wildman–Crippen LogP) is -6.75. The Hall–Kier alpha value is 2.40. The van der Waals surface area contributed by atoms with Crippen LogP contribution in [0.3, 0.4) is 0 Å². The van der Waals surface area contributed by atoms with Crippen LogP contribution in [0.25, 0.3) is 0 Å². The van der Waals surface area contributed by atoms with Crippen molar-refractivity contribution in [3.8, 4) is 0 Å². The zero-order chi connectivity index (χ0) is 8.20. The summed E-state index contributed by atoms with van der Waals surface area (Å²) in [4.78, 5) is 20.0. The number of hydrogen-bond acceptors (Lipinski definition) is 4. The summed E-state index contributed by atoms with van der Waals surface area (Å²) in [7, 11) is -4.79. The summed E-state index contributed by atoms with van der Waals surface area (Å²) in [6.45, 7) is 0. The Morgan fingerprint density at radius 1 is 1.42 bits per heavy atom. The van der Waals surface area contributed by atoms with E-state index in [0.717, 1.165) is 0 Å². The van der Waals surface area contributed by atoms with E-state index >= 15 is 0 Å². The minimum atomic E-state index is -4.79. The van der Waals surface area contributed by atoms with Crippen LogP contribution in [-0.2, 0) is 4.57 Å². The second-order valence-corrected chi connectivity index (χ2v) is 3.91. The van der Waals surface area contributed by atoms with Gasteiger partial charge in [-0.15, -0.1) is 11.6 Å². The molecule has 1 atom stereocenters. The minimum absolute atomic E-state index is 0. The van der Waals surface area contributed by atoms with Crippen LogP contribution in [0.5, 0.6) is 0 Å². The Kier molecular flexibility index (Phi) is 16.5. The van der Waals surface area contributed by atoms with E-state index < -0.39 is 13.4 Å². The molecule has 62 valence electrons. The number of aliphatic hydroxyl groups excluding tert-OH is 1. The molecule has 12 heavy (non-hydrogen) atoms. The summed E-state index contributed by atoms with van der Waals surface area (Å²) in [5, 5.41) is 8.57. The van der Waals surface area contributed by atoms with E-state index in [9.17, 15) is 14.4 Å². The van der Waals surface area contributed by atoms with E-state index in [1.807, 2.05) is 0 Å². The fourth-order valence-corrected chi connectivity index (χ4v) is 1.07. The molecule has 0 radical (unpaired) electrons. The van der Waals surface area contributed by atoms with Gasteiger partial charge in [-0.1, -0.05) is 0 Å². The molecule has 0 amide bonds. The van der Waals surface area contributed by atoms with Crippen molar-refractivity contribution in [3.05, 3.63) is 0 Å². The molecule has 0 heterocycles. The number of hydrogen-bond donors (Lipinski definition) is 1. The average molecular weight is 233 g/mol. The van der Waals surface area contributed by atoms with E-state index in [2.05, 4.69) is 0 Å². The van der Waals surface area contributed by atoms with Crippen molar-refractivity contribution in [2.45, 2.75) is 18.7 Å². The summed E-state index contributed by atoms with van der Waals surface area (Å²) in [5.41, 5.74) is 0. The normalized spacial score (nSPS) is 12.7. The molecule has 0 saturated heterocycles. The third-order valence-corrected chi connectivity index (χ3v) is 2.22. The summed E-state index contributed by atoms with van der Waals surface area (Å²) in [6, 6.07) is 0. The first-order valence-electron chi connectivity index (χ1n) is 2.74. The number of alkyl halides is 1. The second-order valence-electron chi connectivity index (χ2n) is 1.85. The third-order valence-electron chi connectivity index (χ3n) is 0.961. The maximum atomic E-state index is 10.0. The summed E-state index contributed by atoms with van der Waals surface area (Å²) in [6.07, 6.45) is 0.255. The Balaban J connectivity index is -0.000000405. The zero-order valence-corrected chi connectivity index (χ0v) is 12.8. The largest absolute Gasteiger partial charge is 1.00 e. The Labute approximate surface area is 121 Å². The van der Waals surface area contributed by atoms with E-state index in [1.54, 1.807) is 0 Å². The van der Waals surface area contributed by atoms with Gasteiger partial charge in [0, 0.05) is 5.88 Å². The Bertz CT molecular complexity index is 141. The molecular weight excluding hydrogens is 224 g/mol. The van der Waals surface area contributed by atoms with Gasteiger partial charge in [0.15, 0.2) is 0 Å². The average Bonchev–Trinajstić information content (AvgIpc) is 1.80. The summed E-state index contributed by atoms with van der Waals surface area (Å²) < 4.78 is 10.0. The quantitative estimate of drug-likeness (QED) is 0.297. The van der Waals surface area contributed by atoms with Gasteiger partial charge in [-0.3, -0.25) is 0 Å². The van der Waals surface area contributed by atoms with Gasteiger partial charge in [-0.2, -0.15) is 0 Å². The standard InChI is InChI=1S/C4H10ClO4P.2Na/c5-3-1-2-4(6)10(7,8)9;;/h4,6H,1-3H2,(H2,7,8,9);;/q;2*+1/p-2. The van der Waals surface area contributed by atoms with Gasteiger partial charge in [0.25, 0.3) is 0 Å². The molecule has 0 aromatic heterocycles. The maximum Gasteiger partial charge on any atom is 1.00 e. The van der Waals surface area contributed by atoms with E-state index in [1.165, 1.54) is 0 Å². The molecule has 0 aliphatic carbocycles. The van der Waals surface area contributed by atoms with Crippen LogP contribution in [0.1, 0.15) is 12.8 Å². The van der Waals surface area contributed by atoms with E-state index in [0.29, 0.717) is 6.42 Å². The first-order valence-corrected chi connectivity index (χ1v) is 4.89. The molecule has 0 aromatic rings. The number of halogens is 1. The van der Waals surface area contributed by atoms with Crippen LogP contribution in [0.15, 0.2) is 0 Å². The van der Waals surface area contributed by atoms with Crippen LogP contribution < -0.4 is 68.9 Å². The third kappa shape index (κ3) is 10.5. The predicted molar refractivity (Wildman–Crippen MR) is 33.6 cm³/mol. The number of aliphatic hydroxyl groups is 1. The van der Waals surface area contributed by atoms with Crippen LogP contribution >= 0.6 is 19.2 Å².